The van der Waals surface area contributed by atoms with Crippen molar-refractivity contribution in [1.29, 1.82) is 0 Å². The van der Waals surface area contributed by atoms with Crippen LogP contribution < -0.4 is 15.4 Å². The summed E-state index contributed by atoms with van der Waals surface area (Å²) in [6.45, 7) is 1.15. The molecular formula is C16H19N5O5. The van der Waals surface area contributed by atoms with Gasteiger partial charge in [-0.2, -0.15) is 0 Å². The van der Waals surface area contributed by atoms with E-state index >= 15 is 0 Å². The molecule has 10 heteroatoms. The van der Waals surface area contributed by atoms with Crippen LogP contribution in [0.25, 0.3) is 11.0 Å². The van der Waals surface area contributed by atoms with Crippen LogP contribution in [0, 0.1) is 0 Å². The number of carboxylic acid groups (broad SMARTS) is 1. The highest BCUT2D eigenvalue weighted by atomic mass is 16.5. The number of carbonyl (C=O) groups is 2. The summed E-state index contributed by atoms with van der Waals surface area (Å²) in [7, 11) is 1.52. The molecule has 138 valence electrons. The third-order valence-electron chi connectivity index (χ3n) is 3.92. The molecular weight excluding hydrogens is 342 g/mol. The van der Waals surface area contributed by atoms with Crippen molar-refractivity contribution in [3.8, 4) is 5.88 Å². The number of nitrogens with zero attached hydrogens (tertiary/aromatic N) is 3. The van der Waals surface area contributed by atoms with Crippen LogP contribution in [-0.4, -0.2) is 71.6 Å². The third kappa shape index (κ3) is 4.09. The molecule has 0 aromatic carbocycles. The van der Waals surface area contributed by atoms with E-state index < -0.39 is 12.2 Å². The SMILES string of the molecule is COc1ccc2nccc(NC(=O)N3CCO[C@@H](CNC(=O)O)C3)c2n1. The standard InChI is InChI=1S/C16H19N5O5/c1-25-13-3-2-11-14(20-13)12(4-5-17-11)19-15(22)21-6-7-26-10(9-21)8-18-16(23)24/h2-5,10,18H,6-9H2,1H3,(H,23,24)(H,17,19,22)/t10-/m0/s1. The largest absolute Gasteiger partial charge is 0.481 e. The van der Waals surface area contributed by atoms with Gasteiger partial charge in [0.15, 0.2) is 0 Å². The highest BCUT2D eigenvalue weighted by Gasteiger charge is 2.25. The van der Waals surface area contributed by atoms with E-state index in [1.54, 1.807) is 29.3 Å². The van der Waals surface area contributed by atoms with Gasteiger partial charge in [-0.05, 0) is 12.1 Å². The number of aromatic nitrogens is 2. The van der Waals surface area contributed by atoms with Crippen LogP contribution in [0.2, 0.25) is 0 Å². The summed E-state index contributed by atoms with van der Waals surface area (Å²) in [5, 5.41) is 13.8. The number of ether oxygens (including phenoxy) is 2. The molecule has 3 heterocycles. The van der Waals surface area contributed by atoms with E-state index in [1.807, 2.05) is 0 Å². The summed E-state index contributed by atoms with van der Waals surface area (Å²) in [4.78, 5) is 33.3. The maximum absolute atomic E-state index is 12.6. The number of fused-ring (bicyclic) bond motifs is 1. The molecule has 10 nitrogen and oxygen atoms in total. The zero-order chi connectivity index (χ0) is 18.5. The molecule has 0 unspecified atom stereocenters. The van der Waals surface area contributed by atoms with Gasteiger partial charge in [-0.25, -0.2) is 14.6 Å². The van der Waals surface area contributed by atoms with Gasteiger partial charge in [-0.1, -0.05) is 0 Å². The van der Waals surface area contributed by atoms with Gasteiger partial charge in [0.05, 0.1) is 37.6 Å². The van der Waals surface area contributed by atoms with Crippen molar-refractivity contribution in [1.82, 2.24) is 20.2 Å². The van der Waals surface area contributed by atoms with Crippen molar-refractivity contribution in [3.63, 3.8) is 0 Å². The second-order valence-corrected chi connectivity index (χ2v) is 5.63. The summed E-state index contributed by atoms with van der Waals surface area (Å²) in [6, 6.07) is 4.81. The molecule has 0 spiro atoms. The first-order valence-corrected chi connectivity index (χ1v) is 8.01. The zero-order valence-corrected chi connectivity index (χ0v) is 14.1. The molecule has 26 heavy (non-hydrogen) atoms. The average molecular weight is 361 g/mol. The summed E-state index contributed by atoms with van der Waals surface area (Å²) in [6.07, 6.45) is 0.0711. The molecule has 0 aliphatic carbocycles. The molecule has 0 bridgehead atoms. The second-order valence-electron chi connectivity index (χ2n) is 5.63. The molecule has 0 saturated carbocycles. The van der Waals surface area contributed by atoms with Crippen molar-refractivity contribution in [2.24, 2.45) is 0 Å². The van der Waals surface area contributed by atoms with Gasteiger partial charge in [0.1, 0.15) is 5.52 Å². The first kappa shape index (κ1) is 17.7. The van der Waals surface area contributed by atoms with Crippen molar-refractivity contribution in [3.05, 3.63) is 24.4 Å². The monoisotopic (exact) mass is 361 g/mol. The number of nitrogens with one attached hydrogen (secondary N) is 2. The van der Waals surface area contributed by atoms with Gasteiger partial charge in [-0.15, -0.1) is 0 Å². The molecule has 1 aliphatic rings. The summed E-state index contributed by atoms with van der Waals surface area (Å²) >= 11 is 0. The smallest absolute Gasteiger partial charge is 0.404 e. The number of methoxy groups -OCH3 is 1. The lowest BCUT2D eigenvalue weighted by Crippen LogP contribution is -2.50. The maximum Gasteiger partial charge on any atom is 0.404 e. The molecule has 2 aromatic heterocycles. The minimum absolute atomic E-state index is 0.121. The van der Waals surface area contributed by atoms with Crippen molar-refractivity contribution in [2.45, 2.75) is 6.10 Å². The number of hydrogen-bond acceptors (Lipinski definition) is 6. The van der Waals surface area contributed by atoms with Crippen molar-refractivity contribution in [2.75, 3.05) is 38.7 Å². The Balaban J connectivity index is 1.71. The van der Waals surface area contributed by atoms with E-state index in [0.29, 0.717) is 35.8 Å². The number of amides is 3. The Morgan fingerprint density at radius 1 is 1.42 bits per heavy atom. The van der Waals surface area contributed by atoms with Crippen LogP contribution in [0.4, 0.5) is 15.3 Å². The molecule has 0 radical (unpaired) electrons. The highest BCUT2D eigenvalue weighted by Crippen LogP contribution is 2.22. The van der Waals surface area contributed by atoms with Gasteiger partial charge >= 0.3 is 12.1 Å². The van der Waals surface area contributed by atoms with Gasteiger partial charge in [-0.3, -0.25) is 4.98 Å². The summed E-state index contributed by atoms with van der Waals surface area (Å²) in [5.74, 6) is 0.423. The third-order valence-corrected chi connectivity index (χ3v) is 3.92. The number of carbonyl (C=O) groups excluding carboxylic acids is 1. The van der Waals surface area contributed by atoms with E-state index in [9.17, 15) is 9.59 Å². The van der Waals surface area contributed by atoms with Crippen LogP contribution >= 0.6 is 0 Å². The maximum atomic E-state index is 12.6. The van der Waals surface area contributed by atoms with Crippen LogP contribution in [0.5, 0.6) is 5.88 Å². The van der Waals surface area contributed by atoms with Gasteiger partial charge in [0, 0.05) is 25.4 Å². The Kier molecular flexibility index (Phi) is 5.32. The first-order chi connectivity index (χ1) is 12.6. The summed E-state index contributed by atoms with van der Waals surface area (Å²) < 4.78 is 10.6. The quantitative estimate of drug-likeness (QED) is 0.745. The lowest BCUT2D eigenvalue weighted by Gasteiger charge is -2.32. The number of rotatable bonds is 4. The number of pyridine rings is 2. The fourth-order valence-electron chi connectivity index (χ4n) is 2.64. The van der Waals surface area contributed by atoms with E-state index in [-0.39, 0.29) is 19.1 Å². The van der Waals surface area contributed by atoms with Gasteiger partial charge in [0.2, 0.25) is 5.88 Å². The van der Waals surface area contributed by atoms with E-state index in [0.717, 1.165) is 0 Å². The fraction of sp³-hybridized carbons (Fsp3) is 0.375. The number of urea groups is 1. The topological polar surface area (TPSA) is 126 Å². The Labute approximate surface area is 149 Å². The van der Waals surface area contributed by atoms with Crippen LogP contribution in [0.3, 0.4) is 0 Å². The molecule has 2 aromatic rings. The molecule has 1 saturated heterocycles. The van der Waals surface area contributed by atoms with Crippen LogP contribution in [0.15, 0.2) is 24.4 Å². The molecule has 1 atom stereocenters. The fourth-order valence-corrected chi connectivity index (χ4v) is 2.64. The Morgan fingerprint density at radius 3 is 3.04 bits per heavy atom. The lowest BCUT2D eigenvalue weighted by atomic mass is 10.2. The predicted octanol–water partition coefficient (Wildman–Crippen LogP) is 1.14. The predicted molar refractivity (Wildman–Crippen MR) is 92.4 cm³/mol. The molecule has 1 aliphatic heterocycles. The number of morpholine rings is 1. The molecule has 3 rings (SSSR count). The van der Waals surface area contributed by atoms with Gasteiger partial charge in [0.25, 0.3) is 0 Å². The molecule has 3 N–H and O–H groups in total. The first-order valence-electron chi connectivity index (χ1n) is 8.01. The highest BCUT2D eigenvalue weighted by molar-refractivity contribution is 5.98. The van der Waals surface area contributed by atoms with Crippen LogP contribution in [0.1, 0.15) is 0 Å². The minimum atomic E-state index is -1.13. The van der Waals surface area contributed by atoms with Crippen molar-refractivity contribution < 1.29 is 24.2 Å². The Hall–Kier alpha value is -3.14. The molecule has 3 amide bonds. The lowest BCUT2D eigenvalue weighted by molar-refractivity contribution is -0.0103. The van der Waals surface area contributed by atoms with E-state index in [1.165, 1.54) is 7.11 Å². The second kappa shape index (κ2) is 7.83. The average Bonchev–Trinajstić information content (AvgIpc) is 2.66. The Morgan fingerprint density at radius 2 is 2.27 bits per heavy atom. The van der Waals surface area contributed by atoms with Crippen molar-refractivity contribution >= 4 is 28.8 Å². The Bertz CT molecular complexity index is 815. The summed E-state index contributed by atoms with van der Waals surface area (Å²) in [5.41, 5.74) is 1.68. The molecule has 1 fully saturated rings. The van der Waals surface area contributed by atoms with E-state index in [4.69, 9.17) is 14.6 Å². The van der Waals surface area contributed by atoms with Gasteiger partial charge < -0.3 is 30.1 Å². The van der Waals surface area contributed by atoms with Crippen LogP contribution in [-0.2, 0) is 4.74 Å². The number of anilines is 1. The van der Waals surface area contributed by atoms with E-state index in [2.05, 4.69) is 20.6 Å². The number of hydrogen-bond donors (Lipinski definition) is 3. The zero-order valence-electron chi connectivity index (χ0n) is 14.1. The minimum Gasteiger partial charge on any atom is -0.481 e. The normalized spacial score (nSPS) is 17.0.